The van der Waals surface area contributed by atoms with Crippen LogP contribution in [0.25, 0.3) is 0 Å². The largest absolute Gasteiger partial charge is 0.458 e. The molecule has 0 heterocycles. The first-order valence-corrected chi connectivity index (χ1v) is 12.5. The quantitative estimate of drug-likeness (QED) is 0.599. The van der Waals surface area contributed by atoms with Crippen LogP contribution in [0.1, 0.15) is 106 Å². The molecular weight excluding hydrogens is 376 g/mol. The molecule has 4 rings (SSSR count). The molecular formula is C26H44O4. The molecule has 0 bridgehead atoms. The van der Waals surface area contributed by atoms with Crippen LogP contribution in [-0.4, -0.2) is 33.5 Å². The Balaban J connectivity index is 1.73. The first-order valence-electron chi connectivity index (χ1n) is 12.5. The first-order chi connectivity index (χ1) is 13.9. The van der Waals surface area contributed by atoms with Crippen LogP contribution < -0.4 is 0 Å². The number of hydrogen-bond donors (Lipinski definition) is 2. The van der Waals surface area contributed by atoms with E-state index in [1.165, 1.54) is 25.7 Å². The second-order valence-corrected chi connectivity index (χ2v) is 12.6. The molecule has 30 heavy (non-hydrogen) atoms. The van der Waals surface area contributed by atoms with E-state index in [0.29, 0.717) is 18.8 Å². The Morgan fingerprint density at radius 1 is 1.03 bits per heavy atom. The van der Waals surface area contributed by atoms with E-state index in [9.17, 15) is 15.0 Å². The Morgan fingerprint density at radius 2 is 1.73 bits per heavy atom. The third-order valence-corrected chi connectivity index (χ3v) is 10.5. The van der Waals surface area contributed by atoms with Gasteiger partial charge in [0, 0.05) is 11.8 Å². The summed E-state index contributed by atoms with van der Waals surface area (Å²) in [5.41, 5.74) is -2.93. The van der Waals surface area contributed by atoms with E-state index >= 15 is 0 Å². The van der Waals surface area contributed by atoms with Gasteiger partial charge in [-0.2, -0.15) is 0 Å². The zero-order chi connectivity index (χ0) is 22.2. The van der Waals surface area contributed by atoms with Crippen LogP contribution in [0.4, 0.5) is 0 Å². The van der Waals surface area contributed by atoms with E-state index < -0.39 is 28.1 Å². The van der Waals surface area contributed by atoms with Crippen molar-refractivity contribution in [2.45, 2.75) is 123 Å². The molecule has 0 spiro atoms. The maximum Gasteiger partial charge on any atom is 0.311 e. The maximum absolute atomic E-state index is 12.9. The highest BCUT2D eigenvalue weighted by atomic mass is 16.6. The van der Waals surface area contributed by atoms with E-state index in [4.69, 9.17) is 4.74 Å². The number of carbonyl (C=O) groups is 1. The summed E-state index contributed by atoms with van der Waals surface area (Å²) < 4.78 is 6.27. The predicted molar refractivity (Wildman–Crippen MR) is 118 cm³/mol. The summed E-state index contributed by atoms with van der Waals surface area (Å²) in [6.45, 7) is 12.2. The molecule has 4 nitrogen and oxygen atoms in total. The standard InChI is InChI=1S/C26H44O4/c1-7-25(30-21(28)22(2,3)4)16-20(27)26(29)19-12-11-17-10-8-9-14-23(17,5)18(19)13-15-24(25,26)6/h17-20,27,29H,7-16H2,1-6H3/t17?,18-,19+,20?,23-,24+,25+,26-/m0/s1. The Labute approximate surface area is 183 Å². The van der Waals surface area contributed by atoms with Crippen molar-refractivity contribution in [1.29, 1.82) is 0 Å². The van der Waals surface area contributed by atoms with E-state index in [1.807, 2.05) is 27.7 Å². The van der Waals surface area contributed by atoms with Crippen molar-refractivity contribution in [3.8, 4) is 0 Å². The maximum atomic E-state index is 12.9. The van der Waals surface area contributed by atoms with Gasteiger partial charge in [0.2, 0.25) is 0 Å². The van der Waals surface area contributed by atoms with Crippen LogP contribution in [-0.2, 0) is 9.53 Å². The molecule has 0 radical (unpaired) electrons. The van der Waals surface area contributed by atoms with Gasteiger partial charge in [0.25, 0.3) is 0 Å². The van der Waals surface area contributed by atoms with Gasteiger partial charge < -0.3 is 14.9 Å². The lowest BCUT2D eigenvalue weighted by Gasteiger charge is -2.64. The van der Waals surface area contributed by atoms with Crippen LogP contribution in [0.2, 0.25) is 0 Å². The Bertz CT molecular complexity index is 698. The van der Waals surface area contributed by atoms with Gasteiger partial charge in [0.1, 0.15) is 11.2 Å². The van der Waals surface area contributed by atoms with Crippen molar-refractivity contribution in [3.05, 3.63) is 0 Å². The summed E-state index contributed by atoms with van der Waals surface area (Å²) in [6, 6.07) is 0. The molecule has 0 saturated heterocycles. The van der Waals surface area contributed by atoms with Gasteiger partial charge in [-0.3, -0.25) is 4.79 Å². The third kappa shape index (κ3) is 2.74. The van der Waals surface area contributed by atoms with E-state index in [1.54, 1.807) is 0 Å². The van der Waals surface area contributed by atoms with Gasteiger partial charge in [0.15, 0.2) is 0 Å². The van der Waals surface area contributed by atoms with Crippen molar-refractivity contribution in [2.75, 3.05) is 0 Å². The van der Waals surface area contributed by atoms with E-state index in [0.717, 1.165) is 31.6 Å². The Morgan fingerprint density at radius 3 is 2.37 bits per heavy atom. The number of aliphatic hydroxyl groups is 2. The van der Waals surface area contributed by atoms with Gasteiger partial charge in [-0.15, -0.1) is 0 Å². The second-order valence-electron chi connectivity index (χ2n) is 12.6. The smallest absolute Gasteiger partial charge is 0.311 e. The molecule has 8 atom stereocenters. The zero-order valence-corrected chi connectivity index (χ0v) is 20.1. The van der Waals surface area contributed by atoms with Crippen molar-refractivity contribution < 1.29 is 19.7 Å². The lowest BCUT2D eigenvalue weighted by molar-refractivity contribution is -0.257. The van der Waals surface area contributed by atoms with Crippen molar-refractivity contribution >= 4 is 5.97 Å². The summed E-state index contributed by atoms with van der Waals surface area (Å²) in [6.07, 6.45) is 9.36. The average Bonchev–Trinajstić information content (AvgIpc) is 2.85. The monoisotopic (exact) mass is 420 g/mol. The molecule has 0 aromatic heterocycles. The normalized spacial score (nSPS) is 50.9. The molecule has 4 fully saturated rings. The molecule has 4 aliphatic rings. The fraction of sp³-hybridized carbons (Fsp3) is 0.962. The molecule has 0 amide bonds. The van der Waals surface area contributed by atoms with Gasteiger partial charge in [-0.25, -0.2) is 0 Å². The topological polar surface area (TPSA) is 66.8 Å². The summed E-state index contributed by atoms with van der Waals surface area (Å²) >= 11 is 0. The molecule has 4 saturated carbocycles. The van der Waals surface area contributed by atoms with E-state index in [-0.39, 0.29) is 17.3 Å². The Hall–Kier alpha value is -0.610. The summed E-state index contributed by atoms with van der Waals surface area (Å²) in [7, 11) is 0. The average molecular weight is 421 g/mol. The molecule has 4 aliphatic carbocycles. The minimum absolute atomic E-state index is 0.0902. The SMILES string of the molecule is CC[C@@]1(OC(=O)C(C)(C)C)CC(O)[C@@]2(O)[C@@H]3CCC4CCCC[C@]4(C)[C@H]3CC[C@]12C. The number of esters is 1. The summed E-state index contributed by atoms with van der Waals surface area (Å²) in [4.78, 5) is 12.9. The highest BCUT2D eigenvalue weighted by Gasteiger charge is 2.76. The fourth-order valence-corrected chi connectivity index (χ4v) is 8.54. The molecule has 2 N–H and O–H groups in total. The summed E-state index contributed by atoms with van der Waals surface area (Å²) in [5.74, 6) is 1.07. The second kappa shape index (κ2) is 6.94. The van der Waals surface area contributed by atoms with Crippen molar-refractivity contribution in [2.24, 2.45) is 34.0 Å². The van der Waals surface area contributed by atoms with Crippen LogP contribution in [0.15, 0.2) is 0 Å². The lowest BCUT2D eigenvalue weighted by Crippen LogP contribution is -2.67. The summed E-state index contributed by atoms with van der Waals surface area (Å²) in [5, 5.41) is 23.8. The minimum Gasteiger partial charge on any atom is -0.458 e. The predicted octanol–water partition coefficient (Wildman–Crippen LogP) is 5.24. The number of hydrogen-bond acceptors (Lipinski definition) is 4. The number of ether oxygens (including phenoxy) is 1. The van der Waals surface area contributed by atoms with Gasteiger partial charge >= 0.3 is 5.97 Å². The number of fused-ring (bicyclic) bond motifs is 5. The number of aliphatic hydroxyl groups excluding tert-OH is 1. The van der Waals surface area contributed by atoms with Gasteiger partial charge in [-0.05, 0) is 88.9 Å². The van der Waals surface area contributed by atoms with Crippen molar-refractivity contribution in [3.63, 3.8) is 0 Å². The van der Waals surface area contributed by atoms with Gasteiger partial charge in [0.05, 0.1) is 11.5 Å². The highest BCUT2D eigenvalue weighted by Crippen LogP contribution is 2.71. The molecule has 0 aromatic rings. The van der Waals surface area contributed by atoms with Crippen molar-refractivity contribution in [1.82, 2.24) is 0 Å². The Kier molecular flexibility index (Phi) is 5.22. The highest BCUT2D eigenvalue weighted by molar-refractivity contribution is 5.76. The first kappa shape index (κ1) is 22.6. The molecule has 2 unspecified atom stereocenters. The minimum atomic E-state index is -1.19. The zero-order valence-electron chi connectivity index (χ0n) is 20.1. The molecule has 172 valence electrons. The molecule has 0 aromatic carbocycles. The molecule has 0 aliphatic heterocycles. The van der Waals surface area contributed by atoms with E-state index in [2.05, 4.69) is 13.8 Å². The number of rotatable bonds is 2. The third-order valence-electron chi connectivity index (χ3n) is 10.5. The van der Waals surface area contributed by atoms with Crippen LogP contribution in [0.3, 0.4) is 0 Å². The van der Waals surface area contributed by atoms with Crippen LogP contribution >= 0.6 is 0 Å². The van der Waals surface area contributed by atoms with Gasteiger partial charge in [-0.1, -0.05) is 33.6 Å². The molecule has 4 heteroatoms. The van der Waals surface area contributed by atoms with Crippen LogP contribution in [0, 0.1) is 34.0 Å². The number of carbonyl (C=O) groups excluding carboxylic acids is 1. The lowest BCUT2D eigenvalue weighted by atomic mass is 9.43. The van der Waals surface area contributed by atoms with Crippen LogP contribution in [0.5, 0.6) is 0 Å². The fourth-order valence-electron chi connectivity index (χ4n) is 8.54.